The minimum absolute atomic E-state index is 0. The van der Waals surface area contributed by atoms with Crippen molar-refractivity contribution in [3.8, 4) is 11.5 Å². The lowest BCUT2D eigenvalue weighted by atomic mass is 9.48. The number of rotatable bonds is 5. The van der Waals surface area contributed by atoms with Crippen molar-refractivity contribution in [3.05, 3.63) is 57.9 Å². The smallest absolute Gasteiger partial charge is 0.227 e. The normalized spacial score (nSPS) is 31.2. The van der Waals surface area contributed by atoms with Crippen LogP contribution in [0.5, 0.6) is 11.5 Å². The molecule has 1 saturated heterocycles. The van der Waals surface area contributed by atoms with Crippen LogP contribution in [0.4, 0.5) is 22.0 Å². The van der Waals surface area contributed by atoms with Crippen LogP contribution in [0.15, 0.2) is 12.1 Å². The van der Waals surface area contributed by atoms with Crippen molar-refractivity contribution in [1.82, 2.24) is 9.80 Å². The van der Waals surface area contributed by atoms with E-state index in [2.05, 4.69) is 4.90 Å². The van der Waals surface area contributed by atoms with Gasteiger partial charge < -0.3 is 19.8 Å². The van der Waals surface area contributed by atoms with Crippen LogP contribution in [0.1, 0.15) is 48.8 Å². The SMILES string of the molecule is CN(C(=O)Cc1c(F)c(F)c(F)c(F)c1F)[C@@H]1CC[C@@]2(O)[C@H]3Cc4ccc(O)c5c4[C@@]2(CCN3CC2CC2)[C@H]1O5.Cl. The van der Waals surface area contributed by atoms with E-state index in [1.807, 2.05) is 6.07 Å². The second kappa shape index (κ2) is 9.44. The molecule has 0 unspecified atom stereocenters. The molecule has 7 rings (SSSR count). The number of halogens is 6. The molecule has 3 aliphatic carbocycles. The van der Waals surface area contributed by atoms with E-state index in [0.29, 0.717) is 38.1 Å². The van der Waals surface area contributed by atoms with E-state index in [0.717, 1.165) is 17.7 Å². The van der Waals surface area contributed by atoms with Crippen molar-refractivity contribution < 1.29 is 41.7 Å². The second-order valence-electron chi connectivity index (χ2n) is 12.1. The van der Waals surface area contributed by atoms with E-state index >= 15 is 0 Å². The first-order chi connectivity index (χ1) is 19.0. The molecule has 2 saturated carbocycles. The van der Waals surface area contributed by atoms with Gasteiger partial charge >= 0.3 is 0 Å². The van der Waals surface area contributed by atoms with Gasteiger partial charge in [-0.05, 0) is 62.6 Å². The molecule has 5 aliphatic rings. The van der Waals surface area contributed by atoms with E-state index in [9.17, 15) is 37.0 Å². The molecule has 5 atom stereocenters. The molecule has 6 nitrogen and oxygen atoms in total. The fourth-order valence-electron chi connectivity index (χ4n) is 8.12. The van der Waals surface area contributed by atoms with E-state index in [1.54, 1.807) is 6.07 Å². The predicted molar refractivity (Wildman–Crippen MR) is 139 cm³/mol. The number of aromatic hydroxyl groups is 1. The fourth-order valence-corrected chi connectivity index (χ4v) is 8.12. The Balaban J connectivity index is 0.00000302. The summed E-state index contributed by atoms with van der Waals surface area (Å²) in [7, 11) is 1.41. The third-order valence-electron chi connectivity index (χ3n) is 10.3. The highest BCUT2D eigenvalue weighted by molar-refractivity contribution is 5.85. The van der Waals surface area contributed by atoms with E-state index in [4.69, 9.17) is 4.74 Å². The van der Waals surface area contributed by atoms with Crippen LogP contribution in [0.2, 0.25) is 0 Å². The molecule has 2 aromatic rings. The first kappa shape index (κ1) is 28.5. The Morgan fingerprint density at radius 3 is 2.37 bits per heavy atom. The number of hydrogen-bond acceptors (Lipinski definition) is 5. The number of phenolic OH excluding ortho intramolecular Hbond substituents is 1. The number of aliphatic hydroxyl groups is 1. The zero-order chi connectivity index (χ0) is 28.3. The maximum Gasteiger partial charge on any atom is 0.227 e. The quantitative estimate of drug-likeness (QED) is 0.307. The number of phenols is 1. The summed E-state index contributed by atoms with van der Waals surface area (Å²) in [5.41, 5.74) is -1.59. The second-order valence-corrected chi connectivity index (χ2v) is 12.1. The maximum atomic E-state index is 14.4. The number of hydrogen-bond donors (Lipinski definition) is 2. The molecule has 2 heterocycles. The van der Waals surface area contributed by atoms with Crippen LogP contribution in [0, 0.1) is 35.0 Å². The molecular formula is C29H30ClF5N2O4. The van der Waals surface area contributed by atoms with Gasteiger partial charge in [0.25, 0.3) is 0 Å². The van der Waals surface area contributed by atoms with Crippen LogP contribution >= 0.6 is 12.4 Å². The van der Waals surface area contributed by atoms with Crippen molar-refractivity contribution >= 4 is 18.3 Å². The van der Waals surface area contributed by atoms with Gasteiger partial charge in [-0.25, -0.2) is 22.0 Å². The summed E-state index contributed by atoms with van der Waals surface area (Å²) in [5, 5.41) is 23.3. The monoisotopic (exact) mass is 600 g/mol. The molecule has 2 N–H and O–H groups in total. The number of ether oxygens (including phenoxy) is 1. The lowest BCUT2D eigenvalue weighted by Crippen LogP contribution is -2.78. The maximum absolute atomic E-state index is 14.4. The molecular weight excluding hydrogens is 571 g/mol. The summed E-state index contributed by atoms with van der Waals surface area (Å²) in [6, 6.07) is 2.57. The van der Waals surface area contributed by atoms with E-state index < -0.39 is 70.1 Å². The van der Waals surface area contributed by atoms with Crippen LogP contribution in [0.25, 0.3) is 0 Å². The van der Waals surface area contributed by atoms with Gasteiger partial charge in [-0.3, -0.25) is 9.69 Å². The molecule has 1 spiro atoms. The molecule has 41 heavy (non-hydrogen) atoms. The third kappa shape index (κ3) is 3.70. The molecule has 2 bridgehead atoms. The van der Waals surface area contributed by atoms with Crippen LogP contribution in [-0.4, -0.2) is 69.8 Å². The van der Waals surface area contributed by atoms with Gasteiger partial charge in [-0.2, -0.15) is 0 Å². The summed E-state index contributed by atoms with van der Waals surface area (Å²) in [4.78, 5) is 16.9. The van der Waals surface area contributed by atoms with Crippen LogP contribution in [0.3, 0.4) is 0 Å². The topological polar surface area (TPSA) is 73.2 Å². The largest absolute Gasteiger partial charge is 0.504 e. The highest BCUT2D eigenvalue weighted by Gasteiger charge is 2.73. The van der Waals surface area contributed by atoms with Gasteiger partial charge in [-0.1, -0.05) is 6.07 Å². The van der Waals surface area contributed by atoms with Crippen LogP contribution in [-0.2, 0) is 23.1 Å². The van der Waals surface area contributed by atoms with Gasteiger partial charge in [0.05, 0.1) is 23.5 Å². The average molecular weight is 601 g/mol. The summed E-state index contributed by atoms with van der Waals surface area (Å²) in [6.07, 6.45) is 2.27. The summed E-state index contributed by atoms with van der Waals surface area (Å²) in [6.45, 7) is 1.60. The Morgan fingerprint density at radius 1 is 1.05 bits per heavy atom. The minimum Gasteiger partial charge on any atom is -0.504 e. The van der Waals surface area contributed by atoms with E-state index in [-0.39, 0.29) is 29.9 Å². The third-order valence-corrected chi connectivity index (χ3v) is 10.3. The van der Waals surface area contributed by atoms with Crippen molar-refractivity contribution in [1.29, 1.82) is 0 Å². The molecule has 3 fully saturated rings. The minimum atomic E-state index is -2.28. The van der Waals surface area contributed by atoms with Gasteiger partial charge in [0.2, 0.25) is 11.7 Å². The highest BCUT2D eigenvalue weighted by Crippen LogP contribution is 2.66. The Labute approximate surface area is 239 Å². The standard InChI is InChI=1S/C29H29F5N2O4.ClH/c1-35(19(38)11-15-21(30)23(32)25(34)24(33)22(15)31)16-6-7-29(39)18-10-14-4-5-17(37)26-20(14)28(29,27(16)40-26)8-9-36(18)12-13-2-3-13;/h4-5,13,16,18,27,37,39H,2-3,6-12H2,1H3;1H/t16-,18-,27+,28+,29-;/m1./s1. The van der Waals surface area contributed by atoms with E-state index in [1.165, 1.54) is 24.8 Å². The average Bonchev–Trinajstić information content (AvgIpc) is 3.68. The summed E-state index contributed by atoms with van der Waals surface area (Å²) >= 11 is 0. The zero-order valence-electron chi connectivity index (χ0n) is 22.2. The number of carbonyl (C=O) groups excluding carboxylic acids is 1. The van der Waals surface area contributed by atoms with Crippen molar-refractivity contribution in [2.24, 2.45) is 5.92 Å². The first-order valence-electron chi connectivity index (χ1n) is 13.7. The van der Waals surface area contributed by atoms with Gasteiger partial charge in [0.15, 0.2) is 34.8 Å². The lowest BCUT2D eigenvalue weighted by Gasteiger charge is -2.64. The van der Waals surface area contributed by atoms with Gasteiger partial charge in [-0.15, -0.1) is 12.4 Å². The number of carbonyl (C=O) groups is 1. The lowest BCUT2D eigenvalue weighted by molar-refractivity contribution is -0.200. The molecule has 12 heteroatoms. The number of nitrogens with zero attached hydrogens (tertiary/aromatic N) is 2. The Bertz CT molecular complexity index is 1430. The molecule has 2 aliphatic heterocycles. The number of benzene rings is 2. The fraction of sp³-hybridized carbons (Fsp3) is 0.552. The Kier molecular flexibility index (Phi) is 6.56. The summed E-state index contributed by atoms with van der Waals surface area (Å²) < 4.78 is 76.3. The number of likely N-dealkylation sites (N-methyl/N-ethyl adjacent to an activating group) is 1. The number of amides is 1. The Hall–Kier alpha value is -2.63. The van der Waals surface area contributed by atoms with Crippen molar-refractivity contribution in [3.63, 3.8) is 0 Å². The van der Waals surface area contributed by atoms with Crippen molar-refractivity contribution in [2.45, 2.75) is 74.1 Å². The number of likely N-dealkylation sites (tertiary alicyclic amines) is 1. The van der Waals surface area contributed by atoms with Gasteiger partial charge in [0.1, 0.15) is 6.10 Å². The van der Waals surface area contributed by atoms with Crippen molar-refractivity contribution in [2.75, 3.05) is 20.1 Å². The number of piperidine rings is 1. The molecule has 222 valence electrons. The molecule has 0 aromatic heterocycles. The predicted octanol–water partition coefficient (Wildman–Crippen LogP) is 4.14. The highest BCUT2D eigenvalue weighted by atomic mass is 35.5. The first-order valence-corrected chi connectivity index (χ1v) is 13.7. The zero-order valence-corrected chi connectivity index (χ0v) is 23.0. The molecule has 0 radical (unpaired) electrons. The van der Waals surface area contributed by atoms with Crippen LogP contribution < -0.4 is 4.74 Å². The Morgan fingerprint density at radius 2 is 1.71 bits per heavy atom. The van der Waals surface area contributed by atoms with Gasteiger partial charge in [0, 0.05) is 30.8 Å². The molecule has 2 aromatic carbocycles. The molecule has 1 amide bonds. The summed E-state index contributed by atoms with van der Waals surface area (Å²) in [5.74, 6) is -10.6.